The van der Waals surface area contributed by atoms with Crippen molar-refractivity contribution in [3.63, 3.8) is 0 Å². The zero-order chi connectivity index (χ0) is 27.3. The van der Waals surface area contributed by atoms with E-state index in [0.717, 1.165) is 4.47 Å². The minimum atomic E-state index is 1.08. The highest BCUT2D eigenvalue weighted by Crippen LogP contribution is 2.45. The summed E-state index contributed by atoms with van der Waals surface area (Å²) in [6, 6.07) is 55.4. The summed E-state index contributed by atoms with van der Waals surface area (Å²) >= 11 is 3.68. The number of benzene rings is 8. The van der Waals surface area contributed by atoms with Crippen LogP contribution in [-0.4, -0.2) is 0 Å². The lowest BCUT2D eigenvalue weighted by molar-refractivity contribution is 1.61. The molecule has 0 N–H and O–H groups in total. The van der Waals surface area contributed by atoms with Crippen LogP contribution in [-0.2, 0) is 0 Å². The third kappa shape index (κ3) is 4.13. The van der Waals surface area contributed by atoms with Crippen molar-refractivity contribution in [3.05, 3.63) is 156 Å². The Kier molecular flexibility index (Phi) is 5.72. The Morgan fingerprint density at radius 3 is 1.39 bits per heavy atom. The molecule has 0 nitrogen and oxygen atoms in total. The van der Waals surface area contributed by atoms with E-state index in [-0.39, 0.29) is 0 Å². The van der Waals surface area contributed by atoms with E-state index >= 15 is 0 Å². The van der Waals surface area contributed by atoms with Gasteiger partial charge in [-0.15, -0.1) is 0 Å². The molecule has 0 unspecified atom stereocenters. The molecule has 8 aromatic rings. The minimum absolute atomic E-state index is 1.08. The van der Waals surface area contributed by atoms with Crippen LogP contribution in [0.3, 0.4) is 0 Å². The van der Waals surface area contributed by atoms with Gasteiger partial charge >= 0.3 is 0 Å². The SMILES string of the molecule is Brc1cccc(-c2ccc3c(-c4ccc5ccccc5c4)c4ccccc4c(-c4ccc5ccccc5c4)c3c2)c1. The van der Waals surface area contributed by atoms with Crippen molar-refractivity contribution in [3.8, 4) is 33.4 Å². The van der Waals surface area contributed by atoms with E-state index in [1.54, 1.807) is 0 Å². The van der Waals surface area contributed by atoms with Gasteiger partial charge in [-0.3, -0.25) is 0 Å². The molecular formula is C40H25Br. The summed E-state index contributed by atoms with van der Waals surface area (Å²) in [4.78, 5) is 0. The molecule has 0 aliphatic heterocycles. The van der Waals surface area contributed by atoms with Crippen molar-refractivity contribution in [1.82, 2.24) is 0 Å². The van der Waals surface area contributed by atoms with Gasteiger partial charge in [0.25, 0.3) is 0 Å². The highest BCUT2D eigenvalue weighted by atomic mass is 79.9. The molecule has 8 rings (SSSR count). The minimum Gasteiger partial charge on any atom is -0.0616 e. The average Bonchev–Trinajstić information content (AvgIpc) is 3.03. The average molecular weight is 586 g/mol. The van der Waals surface area contributed by atoms with Gasteiger partial charge in [0.05, 0.1) is 0 Å². The maximum Gasteiger partial charge on any atom is 0.0181 e. The summed E-state index contributed by atoms with van der Waals surface area (Å²) in [7, 11) is 0. The molecule has 1 heteroatoms. The first-order chi connectivity index (χ1) is 20.2. The Hall–Kier alpha value is -4.72. The molecule has 0 heterocycles. The van der Waals surface area contributed by atoms with E-state index in [1.807, 2.05) is 0 Å². The summed E-state index contributed by atoms with van der Waals surface area (Å²) < 4.78 is 1.08. The van der Waals surface area contributed by atoms with E-state index in [4.69, 9.17) is 0 Å². The number of hydrogen-bond acceptors (Lipinski definition) is 0. The van der Waals surface area contributed by atoms with Crippen LogP contribution in [0.1, 0.15) is 0 Å². The molecule has 0 atom stereocenters. The topological polar surface area (TPSA) is 0 Å². The molecule has 0 saturated carbocycles. The van der Waals surface area contributed by atoms with Gasteiger partial charge in [0, 0.05) is 4.47 Å². The van der Waals surface area contributed by atoms with E-state index in [2.05, 4.69) is 168 Å². The second-order valence-electron chi connectivity index (χ2n) is 10.7. The van der Waals surface area contributed by atoms with Crippen molar-refractivity contribution in [1.29, 1.82) is 0 Å². The second kappa shape index (κ2) is 9.73. The Morgan fingerprint density at radius 2 is 0.780 bits per heavy atom. The molecule has 192 valence electrons. The fraction of sp³-hybridized carbons (Fsp3) is 0. The zero-order valence-electron chi connectivity index (χ0n) is 22.3. The third-order valence-electron chi connectivity index (χ3n) is 8.26. The highest BCUT2D eigenvalue weighted by molar-refractivity contribution is 9.10. The lowest BCUT2D eigenvalue weighted by Crippen LogP contribution is -1.92. The van der Waals surface area contributed by atoms with Crippen LogP contribution in [0.25, 0.3) is 76.5 Å². The lowest BCUT2D eigenvalue weighted by atomic mass is 9.84. The lowest BCUT2D eigenvalue weighted by Gasteiger charge is -2.19. The number of rotatable bonds is 3. The quantitative estimate of drug-likeness (QED) is 0.181. The first-order valence-corrected chi connectivity index (χ1v) is 14.7. The summed E-state index contributed by atoms with van der Waals surface area (Å²) in [5.74, 6) is 0. The largest absolute Gasteiger partial charge is 0.0616 e. The predicted octanol–water partition coefficient (Wildman–Crippen LogP) is 12.1. The molecule has 0 aliphatic rings. The van der Waals surface area contributed by atoms with Gasteiger partial charge < -0.3 is 0 Å². The zero-order valence-corrected chi connectivity index (χ0v) is 23.9. The predicted molar refractivity (Wildman–Crippen MR) is 180 cm³/mol. The van der Waals surface area contributed by atoms with Gasteiger partial charge in [-0.05, 0) is 107 Å². The van der Waals surface area contributed by atoms with Crippen LogP contribution < -0.4 is 0 Å². The fourth-order valence-corrected chi connectivity index (χ4v) is 6.74. The van der Waals surface area contributed by atoms with Crippen LogP contribution in [0, 0.1) is 0 Å². The number of halogens is 1. The van der Waals surface area contributed by atoms with Crippen molar-refractivity contribution in [2.75, 3.05) is 0 Å². The summed E-state index contributed by atoms with van der Waals surface area (Å²) in [5, 5.41) is 10.1. The van der Waals surface area contributed by atoms with Crippen molar-refractivity contribution < 1.29 is 0 Å². The molecule has 41 heavy (non-hydrogen) atoms. The van der Waals surface area contributed by atoms with Crippen molar-refractivity contribution in [2.45, 2.75) is 0 Å². The van der Waals surface area contributed by atoms with E-state index in [9.17, 15) is 0 Å². The number of fused-ring (bicyclic) bond motifs is 4. The molecule has 8 aromatic carbocycles. The first-order valence-electron chi connectivity index (χ1n) is 14.0. The molecule has 0 saturated heterocycles. The normalized spacial score (nSPS) is 11.5. The third-order valence-corrected chi connectivity index (χ3v) is 8.75. The van der Waals surface area contributed by atoms with E-state index in [0.29, 0.717) is 0 Å². The summed E-state index contributed by atoms with van der Waals surface area (Å²) in [5.41, 5.74) is 7.45. The van der Waals surface area contributed by atoms with Crippen LogP contribution in [0.2, 0.25) is 0 Å². The highest BCUT2D eigenvalue weighted by Gasteiger charge is 2.18. The number of hydrogen-bond donors (Lipinski definition) is 0. The maximum absolute atomic E-state index is 3.68. The van der Waals surface area contributed by atoms with Crippen LogP contribution in [0.15, 0.2) is 156 Å². The smallest absolute Gasteiger partial charge is 0.0181 e. The molecule has 0 amide bonds. The first kappa shape index (κ1) is 24.1. The van der Waals surface area contributed by atoms with Crippen molar-refractivity contribution in [2.24, 2.45) is 0 Å². The summed E-state index contributed by atoms with van der Waals surface area (Å²) in [6.45, 7) is 0. The van der Waals surface area contributed by atoms with Gasteiger partial charge in [0.1, 0.15) is 0 Å². The van der Waals surface area contributed by atoms with Gasteiger partial charge in [0.15, 0.2) is 0 Å². The second-order valence-corrected chi connectivity index (χ2v) is 11.6. The standard InChI is InChI=1S/C40H25Br/c41-34-13-7-12-30(24-34)31-20-21-37-38(25-31)40(33-19-17-27-9-2-4-11-29(27)23-33)36-15-6-5-14-35(36)39(37)32-18-16-26-8-1-3-10-28(26)22-32/h1-25H. The molecular weight excluding hydrogens is 560 g/mol. The molecule has 0 bridgehead atoms. The Morgan fingerprint density at radius 1 is 0.293 bits per heavy atom. The van der Waals surface area contributed by atoms with Gasteiger partial charge in [-0.1, -0.05) is 137 Å². The van der Waals surface area contributed by atoms with Crippen LogP contribution in [0.5, 0.6) is 0 Å². The molecule has 0 aliphatic carbocycles. The Labute approximate surface area is 247 Å². The molecule has 0 fully saturated rings. The molecule has 0 aromatic heterocycles. The maximum atomic E-state index is 3.68. The molecule has 0 spiro atoms. The van der Waals surface area contributed by atoms with Crippen molar-refractivity contribution >= 4 is 59.0 Å². The van der Waals surface area contributed by atoms with Gasteiger partial charge in [-0.25, -0.2) is 0 Å². The molecule has 0 radical (unpaired) electrons. The van der Waals surface area contributed by atoms with Crippen LogP contribution in [0.4, 0.5) is 0 Å². The van der Waals surface area contributed by atoms with Gasteiger partial charge in [-0.2, -0.15) is 0 Å². The monoisotopic (exact) mass is 584 g/mol. The fourth-order valence-electron chi connectivity index (χ4n) is 6.34. The van der Waals surface area contributed by atoms with E-state index < -0.39 is 0 Å². The van der Waals surface area contributed by atoms with Gasteiger partial charge in [0.2, 0.25) is 0 Å². The van der Waals surface area contributed by atoms with Crippen LogP contribution >= 0.6 is 15.9 Å². The Balaban J connectivity index is 1.51. The summed E-state index contributed by atoms with van der Waals surface area (Å²) in [6.07, 6.45) is 0. The van der Waals surface area contributed by atoms with E-state index in [1.165, 1.54) is 76.5 Å². The Bertz CT molecular complexity index is 2270.